The standard InChI is InChI=1S/C23H37N3O3/c1-2-24-23(25-14-5-6-19-8-10-20(27)11-9-19)26-15-12-21(13-16-26)29-18-22-7-3-4-17-28-22/h8-11,21-22,27H,2-7,12-18H2,1H3,(H,24,25). The van der Waals surface area contributed by atoms with Crippen LogP contribution in [-0.4, -0.2) is 67.6 Å². The highest BCUT2D eigenvalue weighted by Gasteiger charge is 2.23. The van der Waals surface area contributed by atoms with Crippen molar-refractivity contribution in [2.24, 2.45) is 4.99 Å². The summed E-state index contributed by atoms with van der Waals surface area (Å²) in [6.45, 7) is 7.41. The Kier molecular flexibility index (Phi) is 9.09. The number of aliphatic imine (C=N–C) groups is 1. The number of phenols is 1. The number of nitrogens with zero attached hydrogens (tertiary/aromatic N) is 2. The van der Waals surface area contributed by atoms with Gasteiger partial charge in [-0.25, -0.2) is 0 Å². The summed E-state index contributed by atoms with van der Waals surface area (Å²) >= 11 is 0. The molecule has 2 aliphatic rings. The van der Waals surface area contributed by atoms with Gasteiger partial charge < -0.3 is 24.8 Å². The van der Waals surface area contributed by atoms with E-state index in [0.717, 1.165) is 77.5 Å². The third kappa shape index (κ3) is 7.52. The molecule has 0 spiro atoms. The van der Waals surface area contributed by atoms with Gasteiger partial charge in [0.05, 0.1) is 18.8 Å². The normalized spacial score (nSPS) is 21.3. The van der Waals surface area contributed by atoms with Crippen molar-refractivity contribution in [1.82, 2.24) is 10.2 Å². The molecule has 2 N–H and O–H groups in total. The Morgan fingerprint density at radius 1 is 1.21 bits per heavy atom. The number of likely N-dealkylation sites (tertiary alicyclic amines) is 1. The van der Waals surface area contributed by atoms with Crippen molar-refractivity contribution in [1.29, 1.82) is 0 Å². The molecule has 1 unspecified atom stereocenters. The second kappa shape index (κ2) is 12.0. The fraction of sp³-hybridized carbons (Fsp3) is 0.696. The van der Waals surface area contributed by atoms with Gasteiger partial charge in [-0.05, 0) is 69.6 Å². The highest BCUT2D eigenvalue weighted by molar-refractivity contribution is 5.80. The van der Waals surface area contributed by atoms with Crippen LogP contribution < -0.4 is 5.32 Å². The Hall–Kier alpha value is -1.79. The quantitative estimate of drug-likeness (QED) is 0.396. The number of hydrogen-bond donors (Lipinski definition) is 2. The zero-order valence-electron chi connectivity index (χ0n) is 17.8. The Balaban J connectivity index is 1.38. The number of aromatic hydroxyl groups is 1. The van der Waals surface area contributed by atoms with Crippen LogP contribution in [0.3, 0.4) is 0 Å². The van der Waals surface area contributed by atoms with Crippen LogP contribution in [0, 0.1) is 0 Å². The average Bonchev–Trinajstić information content (AvgIpc) is 2.77. The first-order valence-corrected chi connectivity index (χ1v) is 11.3. The Morgan fingerprint density at radius 2 is 2.00 bits per heavy atom. The highest BCUT2D eigenvalue weighted by atomic mass is 16.5. The number of phenolic OH excluding ortho intramolecular Hbond substituents is 1. The molecule has 2 saturated heterocycles. The minimum Gasteiger partial charge on any atom is -0.508 e. The van der Waals surface area contributed by atoms with Crippen molar-refractivity contribution in [3.05, 3.63) is 29.8 Å². The lowest BCUT2D eigenvalue weighted by atomic mass is 10.1. The number of piperidine rings is 1. The minimum atomic E-state index is 0.300. The van der Waals surface area contributed by atoms with E-state index in [9.17, 15) is 5.11 Å². The van der Waals surface area contributed by atoms with E-state index >= 15 is 0 Å². The van der Waals surface area contributed by atoms with Crippen molar-refractivity contribution < 1.29 is 14.6 Å². The number of rotatable bonds is 8. The summed E-state index contributed by atoms with van der Waals surface area (Å²) in [4.78, 5) is 7.20. The van der Waals surface area contributed by atoms with Gasteiger partial charge >= 0.3 is 0 Å². The van der Waals surface area contributed by atoms with Crippen LogP contribution in [-0.2, 0) is 15.9 Å². The molecule has 3 rings (SSSR count). The van der Waals surface area contributed by atoms with Gasteiger partial charge in [0.15, 0.2) is 5.96 Å². The van der Waals surface area contributed by atoms with E-state index in [1.165, 1.54) is 18.4 Å². The predicted octanol–water partition coefficient (Wildman–Crippen LogP) is 3.34. The maximum Gasteiger partial charge on any atom is 0.193 e. The molecule has 2 fully saturated rings. The summed E-state index contributed by atoms with van der Waals surface area (Å²) < 4.78 is 11.9. The SMILES string of the molecule is CCNC(=NCCCc1ccc(O)cc1)N1CCC(OCC2CCCCO2)CC1. The van der Waals surface area contributed by atoms with Crippen LogP contribution in [0.15, 0.2) is 29.3 Å². The zero-order valence-corrected chi connectivity index (χ0v) is 17.8. The first kappa shape index (κ1) is 21.9. The summed E-state index contributed by atoms with van der Waals surface area (Å²) in [6, 6.07) is 7.45. The number of ether oxygens (including phenoxy) is 2. The number of hydrogen-bond acceptors (Lipinski definition) is 4. The molecular weight excluding hydrogens is 366 g/mol. The molecule has 29 heavy (non-hydrogen) atoms. The molecule has 0 aliphatic carbocycles. The fourth-order valence-electron chi connectivity index (χ4n) is 3.97. The molecule has 1 aromatic rings. The molecular formula is C23H37N3O3. The summed E-state index contributed by atoms with van der Waals surface area (Å²) in [5.74, 6) is 1.34. The lowest BCUT2D eigenvalue weighted by Crippen LogP contribution is -2.47. The van der Waals surface area contributed by atoms with Crippen LogP contribution in [0.5, 0.6) is 5.75 Å². The maximum absolute atomic E-state index is 9.37. The molecule has 2 aliphatic heterocycles. The monoisotopic (exact) mass is 403 g/mol. The first-order chi connectivity index (χ1) is 14.2. The Labute approximate surface area is 175 Å². The molecule has 1 aromatic carbocycles. The number of benzene rings is 1. The Morgan fingerprint density at radius 3 is 2.69 bits per heavy atom. The number of guanidine groups is 1. The van der Waals surface area contributed by atoms with Crippen LogP contribution >= 0.6 is 0 Å². The van der Waals surface area contributed by atoms with Crippen LogP contribution in [0.4, 0.5) is 0 Å². The second-order valence-corrected chi connectivity index (χ2v) is 8.01. The summed E-state index contributed by atoms with van der Waals surface area (Å²) in [5.41, 5.74) is 1.24. The zero-order chi connectivity index (χ0) is 20.3. The van der Waals surface area contributed by atoms with Gasteiger partial charge in [0.1, 0.15) is 5.75 Å². The van der Waals surface area contributed by atoms with Crippen molar-refractivity contribution in [2.75, 3.05) is 39.4 Å². The molecule has 2 heterocycles. The maximum atomic E-state index is 9.37. The van der Waals surface area contributed by atoms with Crippen LogP contribution in [0.25, 0.3) is 0 Å². The lowest BCUT2D eigenvalue weighted by molar-refractivity contribution is -0.0721. The first-order valence-electron chi connectivity index (χ1n) is 11.3. The molecule has 0 aromatic heterocycles. The van der Waals surface area contributed by atoms with Gasteiger partial charge in [-0.15, -0.1) is 0 Å². The second-order valence-electron chi connectivity index (χ2n) is 8.01. The van der Waals surface area contributed by atoms with E-state index in [1.54, 1.807) is 12.1 Å². The third-order valence-corrected chi connectivity index (χ3v) is 5.69. The van der Waals surface area contributed by atoms with E-state index in [2.05, 4.69) is 17.1 Å². The van der Waals surface area contributed by atoms with Crippen molar-refractivity contribution in [3.63, 3.8) is 0 Å². The summed E-state index contributed by atoms with van der Waals surface area (Å²) in [6.07, 6.45) is 8.31. The Bertz CT molecular complexity index is 606. The molecule has 162 valence electrons. The number of nitrogens with one attached hydrogen (secondary N) is 1. The number of aryl methyl sites for hydroxylation is 1. The average molecular weight is 404 g/mol. The van der Waals surface area contributed by atoms with Gasteiger partial charge in [0, 0.05) is 32.8 Å². The highest BCUT2D eigenvalue weighted by Crippen LogP contribution is 2.18. The van der Waals surface area contributed by atoms with E-state index in [0.29, 0.717) is 18.0 Å². The van der Waals surface area contributed by atoms with Gasteiger partial charge in [-0.3, -0.25) is 4.99 Å². The predicted molar refractivity (Wildman–Crippen MR) is 117 cm³/mol. The minimum absolute atomic E-state index is 0.300. The van der Waals surface area contributed by atoms with E-state index in [-0.39, 0.29) is 0 Å². The van der Waals surface area contributed by atoms with Crippen LogP contribution in [0.2, 0.25) is 0 Å². The third-order valence-electron chi connectivity index (χ3n) is 5.69. The van der Waals surface area contributed by atoms with Crippen molar-refractivity contribution >= 4 is 5.96 Å². The molecule has 0 amide bonds. The molecule has 0 radical (unpaired) electrons. The summed E-state index contributed by atoms with van der Waals surface area (Å²) in [7, 11) is 0. The topological polar surface area (TPSA) is 66.3 Å². The van der Waals surface area contributed by atoms with E-state index < -0.39 is 0 Å². The molecule has 6 heteroatoms. The largest absolute Gasteiger partial charge is 0.508 e. The van der Waals surface area contributed by atoms with Crippen LogP contribution in [0.1, 0.15) is 51.0 Å². The summed E-state index contributed by atoms with van der Waals surface area (Å²) in [5, 5.41) is 12.8. The van der Waals surface area contributed by atoms with Gasteiger partial charge in [0.2, 0.25) is 0 Å². The fourth-order valence-corrected chi connectivity index (χ4v) is 3.97. The van der Waals surface area contributed by atoms with E-state index in [4.69, 9.17) is 14.5 Å². The van der Waals surface area contributed by atoms with Gasteiger partial charge in [-0.1, -0.05) is 12.1 Å². The molecule has 0 saturated carbocycles. The van der Waals surface area contributed by atoms with Crippen molar-refractivity contribution in [2.45, 2.75) is 64.1 Å². The van der Waals surface area contributed by atoms with Gasteiger partial charge in [0.25, 0.3) is 0 Å². The molecule has 6 nitrogen and oxygen atoms in total. The smallest absolute Gasteiger partial charge is 0.193 e. The van der Waals surface area contributed by atoms with Crippen molar-refractivity contribution in [3.8, 4) is 5.75 Å². The molecule has 0 bridgehead atoms. The van der Waals surface area contributed by atoms with E-state index in [1.807, 2.05) is 12.1 Å². The lowest BCUT2D eigenvalue weighted by Gasteiger charge is -2.35. The van der Waals surface area contributed by atoms with Gasteiger partial charge in [-0.2, -0.15) is 0 Å². The molecule has 1 atom stereocenters.